The van der Waals surface area contributed by atoms with Crippen LogP contribution in [-0.2, 0) is 11.2 Å². The van der Waals surface area contributed by atoms with E-state index in [0.717, 1.165) is 44.9 Å². The highest BCUT2D eigenvalue weighted by atomic mass is 16.5. The Bertz CT molecular complexity index is 490. The summed E-state index contributed by atoms with van der Waals surface area (Å²) < 4.78 is 5.78. The molecule has 2 rings (SSSR count). The number of benzene rings is 1. The Balaban J connectivity index is 1.85. The molecule has 0 aromatic heterocycles. The molecular formula is C18H26N2O2. The summed E-state index contributed by atoms with van der Waals surface area (Å²) in [7, 11) is 0. The lowest BCUT2D eigenvalue weighted by Crippen LogP contribution is -2.51. The van der Waals surface area contributed by atoms with Crippen LogP contribution in [0.4, 0.5) is 0 Å². The van der Waals surface area contributed by atoms with Crippen molar-refractivity contribution in [2.45, 2.75) is 26.4 Å². The number of nitrogens with zero attached hydrogens (tertiary/aromatic N) is 2. The molecule has 1 aliphatic heterocycles. The minimum absolute atomic E-state index is 0.0674. The molecular weight excluding hydrogens is 276 g/mol. The Morgan fingerprint density at radius 3 is 2.45 bits per heavy atom. The SMILES string of the molecule is C=CCN1CCN(C(=O)[C@H](C)Oc2ccc(CC)cc2)CC1. The van der Waals surface area contributed by atoms with Crippen molar-refractivity contribution in [3.63, 3.8) is 0 Å². The summed E-state index contributed by atoms with van der Waals surface area (Å²) in [6.45, 7) is 11.9. The van der Waals surface area contributed by atoms with Gasteiger partial charge in [0, 0.05) is 32.7 Å². The van der Waals surface area contributed by atoms with Crippen molar-refractivity contribution in [3.8, 4) is 5.75 Å². The summed E-state index contributed by atoms with van der Waals surface area (Å²) in [5, 5.41) is 0. The zero-order valence-corrected chi connectivity index (χ0v) is 13.6. The zero-order valence-electron chi connectivity index (χ0n) is 13.6. The summed E-state index contributed by atoms with van der Waals surface area (Å²) in [4.78, 5) is 16.6. The fourth-order valence-corrected chi connectivity index (χ4v) is 2.65. The largest absolute Gasteiger partial charge is 0.481 e. The Kier molecular flexibility index (Phi) is 6.01. The van der Waals surface area contributed by atoms with Crippen molar-refractivity contribution >= 4 is 5.91 Å². The molecule has 1 saturated heterocycles. The number of piperazine rings is 1. The molecule has 1 amide bonds. The lowest BCUT2D eigenvalue weighted by Gasteiger charge is -2.35. The molecule has 1 fully saturated rings. The van der Waals surface area contributed by atoms with Crippen molar-refractivity contribution in [1.82, 2.24) is 9.80 Å². The van der Waals surface area contributed by atoms with Gasteiger partial charge in [-0.3, -0.25) is 9.69 Å². The number of amides is 1. The predicted octanol–water partition coefficient (Wildman–Crippen LogP) is 2.35. The number of carbonyl (C=O) groups excluding carboxylic acids is 1. The number of aryl methyl sites for hydroxylation is 1. The van der Waals surface area contributed by atoms with E-state index in [4.69, 9.17) is 4.74 Å². The predicted molar refractivity (Wildman–Crippen MR) is 89.1 cm³/mol. The third kappa shape index (κ3) is 4.34. The minimum atomic E-state index is -0.446. The average molecular weight is 302 g/mol. The van der Waals surface area contributed by atoms with E-state index in [9.17, 15) is 4.79 Å². The maximum absolute atomic E-state index is 12.5. The molecule has 1 atom stereocenters. The Labute approximate surface area is 133 Å². The first kappa shape index (κ1) is 16.6. The third-order valence-electron chi connectivity index (χ3n) is 4.06. The van der Waals surface area contributed by atoms with Crippen molar-refractivity contribution in [2.75, 3.05) is 32.7 Å². The van der Waals surface area contributed by atoms with Crippen molar-refractivity contribution in [2.24, 2.45) is 0 Å². The Morgan fingerprint density at radius 2 is 1.91 bits per heavy atom. The molecule has 1 aromatic carbocycles. The highest BCUT2D eigenvalue weighted by molar-refractivity contribution is 5.81. The van der Waals surface area contributed by atoms with Gasteiger partial charge < -0.3 is 9.64 Å². The smallest absolute Gasteiger partial charge is 0.263 e. The minimum Gasteiger partial charge on any atom is -0.481 e. The van der Waals surface area contributed by atoms with Crippen LogP contribution >= 0.6 is 0 Å². The van der Waals surface area contributed by atoms with E-state index in [1.807, 2.05) is 42.2 Å². The second kappa shape index (κ2) is 7.99. The van der Waals surface area contributed by atoms with Gasteiger partial charge in [0.25, 0.3) is 5.91 Å². The lowest BCUT2D eigenvalue weighted by atomic mass is 10.2. The van der Waals surface area contributed by atoms with E-state index in [0.29, 0.717) is 0 Å². The van der Waals surface area contributed by atoms with Gasteiger partial charge in [-0.25, -0.2) is 0 Å². The van der Waals surface area contributed by atoms with Crippen molar-refractivity contribution in [3.05, 3.63) is 42.5 Å². The van der Waals surface area contributed by atoms with Gasteiger partial charge in [-0.1, -0.05) is 25.1 Å². The number of hydrogen-bond donors (Lipinski definition) is 0. The van der Waals surface area contributed by atoms with Crippen LogP contribution in [0.1, 0.15) is 19.4 Å². The number of ether oxygens (including phenoxy) is 1. The maximum Gasteiger partial charge on any atom is 0.263 e. The number of rotatable bonds is 6. The number of hydrogen-bond acceptors (Lipinski definition) is 3. The molecule has 4 heteroatoms. The summed E-state index contributed by atoms with van der Waals surface area (Å²) in [6, 6.07) is 7.95. The standard InChI is InChI=1S/C18H26N2O2/c1-4-10-19-11-13-20(14-12-19)18(21)15(3)22-17-8-6-16(5-2)7-9-17/h4,6-9,15H,1,5,10-14H2,2-3H3/t15-/m0/s1. The molecule has 0 spiro atoms. The van der Waals surface area contributed by atoms with Crippen molar-refractivity contribution in [1.29, 1.82) is 0 Å². The van der Waals surface area contributed by atoms with Gasteiger partial charge in [-0.05, 0) is 31.0 Å². The molecule has 0 bridgehead atoms. The highest BCUT2D eigenvalue weighted by Crippen LogP contribution is 2.15. The van der Waals surface area contributed by atoms with Gasteiger partial charge in [0.15, 0.2) is 6.10 Å². The topological polar surface area (TPSA) is 32.8 Å². The Morgan fingerprint density at radius 1 is 1.27 bits per heavy atom. The molecule has 4 nitrogen and oxygen atoms in total. The van der Waals surface area contributed by atoms with E-state index in [1.165, 1.54) is 5.56 Å². The first-order valence-electron chi connectivity index (χ1n) is 8.01. The molecule has 0 saturated carbocycles. The Hall–Kier alpha value is -1.81. The molecule has 22 heavy (non-hydrogen) atoms. The van der Waals surface area contributed by atoms with E-state index in [-0.39, 0.29) is 5.91 Å². The summed E-state index contributed by atoms with van der Waals surface area (Å²) >= 11 is 0. The van der Waals surface area contributed by atoms with Gasteiger partial charge in [-0.2, -0.15) is 0 Å². The van der Waals surface area contributed by atoms with Crippen LogP contribution in [0.3, 0.4) is 0 Å². The van der Waals surface area contributed by atoms with Gasteiger partial charge >= 0.3 is 0 Å². The zero-order chi connectivity index (χ0) is 15.9. The fourth-order valence-electron chi connectivity index (χ4n) is 2.65. The van der Waals surface area contributed by atoms with Crippen molar-refractivity contribution < 1.29 is 9.53 Å². The van der Waals surface area contributed by atoms with Crippen LogP contribution in [0.5, 0.6) is 5.75 Å². The highest BCUT2D eigenvalue weighted by Gasteiger charge is 2.25. The van der Waals surface area contributed by atoms with Crippen LogP contribution in [0.15, 0.2) is 36.9 Å². The van der Waals surface area contributed by atoms with Gasteiger partial charge in [0.2, 0.25) is 0 Å². The fraction of sp³-hybridized carbons (Fsp3) is 0.500. The normalized spacial score (nSPS) is 17.1. The van der Waals surface area contributed by atoms with Crippen LogP contribution < -0.4 is 4.74 Å². The van der Waals surface area contributed by atoms with Crippen LogP contribution in [0.2, 0.25) is 0 Å². The number of carbonyl (C=O) groups is 1. The van der Waals surface area contributed by atoms with Crippen LogP contribution in [-0.4, -0.2) is 54.5 Å². The van der Waals surface area contributed by atoms with E-state index < -0.39 is 6.10 Å². The second-order valence-electron chi connectivity index (χ2n) is 5.67. The molecule has 0 N–H and O–H groups in total. The molecule has 120 valence electrons. The van der Waals surface area contributed by atoms with Crippen LogP contribution in [0.25, 0.3) is 0 Å². The van der Waals surface area contributed by atoms with Gasteiger partial charge in [0.1, 0.15) is 5.75 Å². The van der Waals surface area contributed by atoms with E-state index in [2.05, 4.69) is 18.4 Å². The van der Waals surface area contributed by atoms with E-state index >= 15 is 0 Å². The first-order chi connectivity index (χ1) is 10.6. The van der Waals surface area contributed by atoms with Gasteiger partial charge in [-0.15, -0.1) is 6.58 Å². The maximum atomic E-state index is 12.5. The monoisotopic (exact) mass is 302 g/mol. The molecule has 0 radical (unpaired) electrons. The van der Waals surface area contributed by atoms with Crippen LogP contribution in [0, 0.1) is 0 Å². The van der Waals surface area contributed by atoms with E-state index in [1.54, 1.807) is 0 Å². The summed E-state index contributed by atoms with van der Waals surface area (Å²) in [6.07, 6.45) is 2.46. The third-order valence-corrected chi connectivity index (χ3v) is 4.06. The first-order valence-corrected chi connectivity index (χ1v) is 8.01. The summed E-state index contributed by atoms with van der Waals surface area (Å²) in [5.74, 6) is 0.821. The molecule has 0 unspecified atom stereocenters. The summed E-state index contributed by atoms with van der Waals surface area (Å²) in [5.41, 5.74) is 1.27. The van der Waals surface area contributed by atoms with Gasteiger partial charge in [0.05, 0.1) is 0 Å². The lowest BCUT2D eigenvalue weighted by molar-refractivity contribution is -0.139. The molecule has 1 aromatic rings. The molecule has 1 aliphatic rings. The molecule has 1 heterocycles. The average Bonchev–Trinajstić information content (AvgIpc) is 2.56. The molecule has 0 aliphatic carbocycles. The second-order valence-corrected chi connectivity index (χ2v) is 5.67. The quantitative estimate of drug-likeness (QED) is 0.756.